The highest BCUT2D eigenvalue weighted by Crippen LogP contribution is 2.31. The second kappa shape index (κ2) is 8.32. The van der Waals surface area contributed by atoms with Crippen LogP contribution in [-0.2, 0) is 24.5 Å². The van der Waals surface area contributed by atoms with Gasteiger partial charge in [0.25, 0.3) is 0 Å². The van der Waals surface area contributed by atoms with Crippen molar-refractivity contribution < 1.29 is 21.6 Å². The molecule has 0 bridgehead atoms. The lowest BCUT2D eigenvalue weighted by atomic mass is 10.1. The van der Waals surface area contributed by atoms with Gasteiger partial charge in [-0.1, -0.05) is 29.8 Å². The Morgan fingerprint density at radius 1 is 0.900 bits per heavy atom. The zero-order valence-corrected chi connectivity index (χ0v) is 19.2. The maximum atomic E-state index is 13.1. The van der Waals surface area contributed by atoms with E-state index < -0.39 is 35.6 Å². The molecule has 2 aromatic rings. The molecular weight excluding hydrogens is 446 g/mol. The van der Waals surface area contributed by atoms with Crippen LogP contribution < -0.4 is 0 Å². The summed E-state index contributed by atoms with van der Waals surface area (Å²) in [6, 6.07) is 13.9. The number of benzene rings is 2. The fourth-order valence-corrected chi connectivity index (χ4v) is 6.90. The first kappa shape index (κ1) is 22.8. The van der Waals surface area contributed by atoms with Crippen LogP contribution in [-0.4, -0.2) is 50.7 Å². The van der Waals surface area contributed by atoms with Gasteiger partial charge in [-0.15, -0.1) is 0 Å². The topological polar surface area (TPSA) is 88.6 Å². The third-order valence-corrected chi connectivity index (χ3v) is 10.5. The van der Waals surface area contributed by atoms with Gasteiger partial charge in [0, 0.05) is 18.1 Å². The predicted molar refractivity (Wildman–Crippen MR) is 116 cm³/mol. The van der Waals surface area contributed by atoms with Crippen molar-refractivity contribution in [1.82, 2.24) is 4.90 Å². The van der Waals surface area contributed by atoms with E-state index in [0.29, 0.717) is 5.02 Å². The van der Waals surface area contributed by atoms with E-state index in [-0.39, 0.29) is 35.7 Å². The molecule has 1 aliphatic rings. The summed E-state index contributed by atoms with van der Waals surface area (Å²) < 4.78 is 50.1. The van der Waals surface area contributed by atoms with E-state index in [1.807, 2.05) is 0 Å². The summed E-state index contributed by atoms with van der Waals surface area (Å²) in [7, 11) is -7.45. The average Bonchev–Trinajstić information content (AvgIpc) is 2.74. The Hall–Kier alpha value is -1.90. The summed E-state index contributed by atoms with van der Waals surface area (Å²) in [5, 5.41) is -0.195. The van der Waals surface area contributed by atoms with Crippen LogP contribution >= 0.6 is 11.6 Å². The summed E-state index contributed by atoms with van der Waals surface area (Å²) in [6.45, 7) is 3.14. The van der Waals surface area contributed by atoms with E-state index in [1.165, 1.54) is 43.0 Å². The first-order chi connectivity index (χ1) is 14.0. The van der Waals surface area contributed by atoms with Crippen molar-refractivity contribution in [3.63, 3.8) is 0 Å². The van der Waals surface area contributed by atoms with Gasteiger partial charge >= 0.3 is 0 Å². The minimum absolute atomic E-state index is 0.0202. The highest BCUT2D eigenvalue weighted by atomic mass is 35.5. The van der Waals surface area contributed by atoms with Crippen molar-refractivity contribution in [3.8, 4) is 0 Å². The zero-order valence-electron chi connectivity index (χ0n) is 16.8. The van der Waals surface area contributed by atoms with Gasteiger partial charge in [0.2, 0.25) is 5.91 Å². The molecule has 1 amide bonds. The lowest BCUT2D eigenvalue weighted by molar-refractivity contribution is -0.134. The first-order valence-electron chi connectivity index (χ1n) is 9.56. The molecule has 0 radical (unpaired) electrons. The van der Waals surface area contributed by atoms with Gasteiger partial charge in [0.1, 0.15) is 4.75 Å². The number of carbonyl (C=O) groups is 1. The highest BCUT2D eigenvalue weighted by molar-refractivity contribution is 7.93. The van der Waals surface area contributed by atoms with Crippen LogP contribution in [0.1, 0.15) is 26.7 Å². The molecule has 1 fully saturated rings. The van der Waals surface area contributed by atoms with Crippen LogP contribution in [0.2, 0.25) is 5.02 Å². The number of hydrogen-bond donors (Lipinski definition) is 0. The standard InChI is InChI=1S/C21H24ClNO5S2/c1-21(2,30(27,28)19-10-8-16(22)9-11-19)20(24)23-14-12-18(13-15-23)29(25,26)17-6-4-3-5-7-17/h3-11,18H,12-15H2,1-2H3. The zero-order chi connectivity index (χ0) is 22.2. The molecule has 0 spiro atoms. The molecule has 6 nitrogen and oxygen atoms in total. The van der Waals surface area contributed by atoms with E-state index in [1.54, 1.807) is 30.3 Å². The van der Waals surface area contributed by atoms with E-state index >= 15 is 0 Å². The highest BCUT2D eigenvalue weighted by Gasteiger charge is 2.46. The van der Waals surface area contributed by atoms with Crippen LogP contribution in [0.3, 0.4) is 0 Å². The molecule has 0 aliphatic carbocycles. The molecule has 1 heterocycles. The molecular formula is C21H24ClNO5S2. The summed E-state index contributed by atoms with van der Waals surface area (Å²) in [5.74, 6) is -0.534. The van der Waals surface area contributed by atoms with Crippen LogP contribution in [0.5, 0.6) is 0 Å². The quantitative estimate of drug-likeness (QED) is 0.669. The summed E-state index contributed by atoms with van der Waals surface area (Å²) in [4.78, 5) is 14.8. The number of rotatable bonds is 5. The SMILES string of the molecule is CC(C)(C(=O)N1CCC(S(=O)(=O)c2ccccc2)CC1)S(=O)(=O)c1ccc(Cl)cc1. The lowest BCUT2D eigenvalue weighted by Gasteiger charge is -2.36. The van der Waals surface area contributed by atoms with Crippen molar-refractivity contribution >= 4 is 37.2 Å². The minimum Gasteiger partial charge on any atom is -0.341 e. The number of halogens is 1. The number of sulfone groups is 2. The fraction of sp³-hybridized carbons (Fsp3) is 0.381. The van der Waals surface area contributed by atoms with Gasteiger partial charge in [0.05, 0.1) is 15.0 Å². The molecule has 3 rings (SSSR count). The van der Waals surface area contributed by atoms with Gasteiger partial charge in [-0.3, -0.25) is 4.79 Å². The number of likely N-dealkylation sites (tertiary alicyclic amines) is 1. The number of nitrogens with zero attached hydrogens (tertiary/aromatic N) is 1. The van der Waals surface area contributed by atoms with Gasteiger partial charge in [-0.05, 0) is 63.1 Å². The Morgan fingerprint density at radius 3 is 1.97 bits per heavy atom. The Bertz CT molecular complexity index is 1120. The van der Waals surface area contributed by atoms with Crippen molar-refractivity contribution in [1.29, 1.82) is 0 Å². The minimum atomic E-state index is -3.96. The Morgan fingerprint density at radius 2 is 1.43 bits per heavy atom. The van der Waals surface area contributed by atoms with Crippen molar-refractivity contribution in [2.24, 2.45) is 0 Å². The van der Waals surface area contributed by atoms with Gasteiger partial charge in [-0.2, -0.15) is 0 Å². The van der Waals surface area contributed by atoms with Gasteiger partial charge in [-0.25, -0.2) is 16.8 Å². The van der Waals surface area contributed by atoms with E-state index in [2.05, 4.69) is 0 Å². The maximum Gasteiger partial charge on any atom is 0.243 e. The maximum absolute atomic E-state index is 13.1. The lowest BCUT2D eigenvalue weighted by Crippen LogP contribution is -2.53. The Kier molecular flexibility index (Phi) is 6.32. The molecule has 0 aromatic heterocycles. The Labute approximate surface area is 182 Å². The molecule has 0 atom stereocenters. The Balaban J connectivity index is 1.75. The number of piperidine rings is 1. The van der Waals surface area contributed by atoms with Crippen molar-refractivity contribution in [3.05, 3.63) is 59.6 Å². The fourth-order valence-electron chi connectivity index (χ4n) is 3.58. The number of carbonyl (C=O) groups excluding carboxylic acids is 1. The second-order valence-electron chi connectivity index (χ2n) is 7.82. The first-order valence-corrected chi connectivity index (χ1v) is 13.0. The second-order valence-corrected chi connectivity index (χ2v) is 13.0. The summed E-state index contributed by atoms with van der Waals surface area (Å²) in [6.07, 6.45) is 0.528. The van der Waals surface area contributed by atoms with E-state index in [4.69, 9.17) is 11.6 Å². The molecule has 1 saturated heterocycles. The molecule has 30 heavy (non-hydrogen) atoms. The van der Waals surface area contributed by atoms with E-state index in [9.17, 15) is 21.6 Å². The molecule has 2 aromatic carbocycles. The van der Waals surface area contributed by atoms with Crippen LogP contribution in [0.4, 0.5) is 0 Å². The van der Waals surface area contributed by atoms with E-state index in [0.717, 1.165) is 0 Å². The third kappa shape index (κ3) is 4.13. The molecule has 0 unspecified atom stereocenters. The molecule has 0 saturated carbocycles. The summed E-state index contributed by atoms with van der Waals surface area (Å²) >= 11 is 5.84. The summed E-state index contributed by atoms with van der Waals surface area (Å²) in [5.41, 5.74) is 0. The average molecular weight is 470 g/mol. The van der Waals surface area contributed by atoms with Crippen molar-refractivity contribution in [2.75, 3.05) is 13.1 Å². The molecule has 0 N–H and O–H groups in total. The molecule has 162 valence electrons. The third-order valence-electron chi connectivity index (χ3n) is 5.55. The van der Waals surface area contributed by atoms with Crippen LogP contribution in [0, 0.1) is 0 Å². The monoisotopic (exact) mass is 469 g/mol. The van der Waals surface area contributed by atoms with Crippen LogP contribution in [0.25, 0.3) is 0 Å². The predicted octanol–water partition coefficient (Wildman–Crippen LogP) is 3.36. The van der Waals surface area contributed by atoms with Crippen molar-refractivity contribution in [2.45, 2.75) is 46.5 Å². The molecule has 1 aliphatic heterocycles. The smallest absolute Gasteiger partial charge is 0.243 e. The molecule has 9 heteroatoms. The van der Waals surface area contributed by atoms with Crippen LogP contribution in [0.15, 0.2) is 64.4 Å². The largest absolute Gasteiger partial charge is 0.341 e. The number of hydrogen-bond acceptors (Lipinski definition) is 5. The van der Waals surface area contributed by atoms with Gasteiger partial charge < -0.3 is 4.90 Å². The normalized spacial score (nSPS) is 16.4. The number of amides is 1. The van der Waals surface area contributed by atoms with Gasteiger partial charge in [0.15, 0.2) is 19.7 Å².